The molecule has 0 heterocycles. The summed E-state index contributed by atoms with van der Waals surface area (Å²) in [6.45, 7) is 3.23. The van der Waals surface area contributed by atoms with Crippen molar-refractivity contribution in [2.75, 3.05) is 0 Å². The molecule has 2 nitrogen and oxygen atoms in total. The summed E-state index contributed by atoms with van der Waals surface area (Å²) in [6.07, 6.45) is 0. The Bertz CT molecular complexity index is 374. The van der Waals surface area contributed by atoms with Crippen LogP contribution in [0.5, 0.6) is 0 Å². The molecular formula is C9H6ClFO2. The van der Waals surface area contributed by atoms with Gasteiger partial charge in [-0.3, -0.25) is 0 Å². The van der Waals surface area contributed by atoms with Crippen LogP contribution in [0.2, 0.25) is 5.02 Å². The second kappa shape index (κ2) is 3.58. The van der Waals surface area contributed by atoms with Gasteiger partial charge in [0.2, 0.25) is 0 Å². The fourth-order valence-corrected chi connectivity index (χ4v) is 1.02. The lowest BCUT2D eigenvalue weighted by Crippen LogP contribution is -2.00. The van der Waals surface area contributed by atoms with Gasteiger partial charge in [0.15, 0.2) is 0 Å². The Morgan fingerprint density at radius 3 is 2.69 bits per heavy atom. The van der Waals surface area contributed by atoms with Crippen LogP contribution in [-0.2, 0) is 4.79 Å². The van der Waals surface area contributed by atoms with Crippen LogP contribution in [0, 0.1) is 5.82 Å². The van der Waals surface area contributed by atoms with Crippen molar-refractivity contribution >= 4 is 23.1 Å². The number of hydrogen-bond donors (Lipinski definition) is 1. The predicted octanol–water partition coefficient (Wildman–Crippen LogP) is 2.58. The minimum Gasteiger partial charge on any atom is -0.478 e. The van der Waals surface area contributed by atoms with Crippen LogP contribution in [0.1, 0.15) is 5.56 Å². The lowest BCUT2D eigenvalue weighted by molar-refractivity contribution is -0.130. The maximum absolute atomic E-state index is 13.0. The third kappa shape index (κ3) is 2.06. The molecule has 13 heavy (non-hydrogen) atoms. The molecule has 1 rings (SSSR count). The fraction of sp³-hybridized carbons (Fsp3) is 0. The molecule has 0 amide bonds. The highest BCUT2D eigenvalue weighted by atomic mass is 35.5. The molecule has 1 aromatic rings. The van der Waals surface area contributed by atoms with Crippen LogP contribution in [0.15, 0.2) is 24.8 Å². The lowest BCUT2D eigenvalue weighted by atomic mass is 10.1. The molecule has 4 heteroatoms. The van der Waals surface area contributed by atoms with Crippen LogP contribution in [0.25, 0.3) is 5.57 Å². The van der Waals surface area contributed by atoms with Gasteiger partial charge >= 0.3 is 5.97 Å². The van der Waals surface area contributed by atoms with E-state index in [4.69, 9.17) is 16.7 Å². The minimum atomic E-state index is -1.26. The summed E-state index contributed by atoms with van der Waals surface area (Å²) in [6, 6.07) is 3.68. The highest BCUT2D eigenvalue weighted by Crippen LogP contribution is 2.21. The van der Waals surface area contributed by atoms with Crippen molar-refractivity contribution in [1.82, 2.24) is 0 Å². The Kier molecular flexibility index (Phi) is 2.68. The van der Waals surface area contributed by atoms with Gasteiger partial charge in [0, 0.05) is 10.6 Å². The summed E-state index contributed by atoms with van der Waals surface area (Å²) < 4.78 is 13.0. The molecule has 0 aliphatic rings. The number of aliphatic carboxylic acids is 1. The first-order valence-electron chi connectivity index (χ1n) is 3.40. The van der Waals surface area contributed by atoms with E-state index in [1.54, 1.807) is 0 Å². The van der Waals surface area contributed by atoms with E-state index in [-0.39, 0.29) is 16.2 Å². The van der Waals surface area contributed by atoms with E-state index in [0.29, 0.717) is 0 Å². The first kappa shape index (κ1) is 9.74. The fourth-order valence-electron chi connectivity index (χ4n) is 0.844. The van der Waals surface area contributed by atoms with Crippen LogP contribution in [0.4, 0.5) is 4.39 Å². The minimum absolute atomic E-state index is 0.0833. The number of carbonyl (C=O) groups is 1. The zero-order chi connectivity index (χ0) is 10.0. The van der Waals surface area contributed by atoms with Gasteiger partial charge in [0.05, 0.1) is 5.57 Å². The van der Waals surface area contributed by atoms with Crippen molar-refractivity contribution in [3.05, 3.63) is 41.2 Å². The molecule has 0 aliphatic heterocycles. The maximum Gasteiger partial charge on any atom is 0.335 e. The quantitative estimate of drug-likeness (QED) is 0.745. The first-order valence-corrected chi connectivity index (χ1v) is 3.78. The van der Waals surface area contributed by atoms with E-state index in [2.05, 4.69) is 6.58 Å². The molecule has 0 saturated heterocycles. The monoisotopic (exact) mass is 200 g/mol. The molecule has 0 radical (unpaired) electrons. The molecule has 0 unspecified atom stereocenters. The number of hydrogen-bond acceptors (Lipinski definition) is 1. The molecule has 0 fully saturated rings. The predicted molar refractivity (Wildman–Crippen MR) is 48.1 cm³/mol. The largest absolute Gasteiger partial charge is 0.478 e. The van der Waals surface area contributed by atoms with Gasteiger partial charge in [-0.1, -0.05) is 18.2 Å². The number of halogens is 2. The Morgan fingerprint density at radius 1 is 1.54 bits per heavy atom. The smallest absolute Gasteiger partial charge is 0.335 e. The number of carboxylic acid groups (broad SMARTS) is 1. The molecule has 0 aliphatic carbocycles. The van der Waals surface area contributed by atoms with Crippen LogP contribution in [-0.4, -0.2) is 11.1 Å². The SMILES string of the molecule is C=C(C(=O)O)c1cc(Cl)ccc1F. The van der Waals surface area contributed by atoms with Crippen molar-refractivity contribution in [2.24, 2.45) is 0 Å². The average molecular weight is 201 g/mol. The summed E-state index contributed by atoms with van der Waals surface area (Å²) in [5, 5.41) is 8.82. The van der Waals surface area contributed by atoms with Gasteiger partial charge in [-0.25, -0.2) is 9.18 Å². The van der Waals surface area contributed by atoms with E-state index in [9.17, 15) is 9.18 Å². The zero-order valence-electron chi connectivity index (χ0n) is 6.55. The Balaban J connectivity index is 3.21. The van der Waals surface area contributed by atoms with Gasteiger partial charge < -0.3 is 5.11 Å². The molecule has 68 valence electrons. The standard InChI is InChI=1S/C9H6ClFO2/c1-5(9(12)13)7-4-6(10)2-3-8(7)11/h2-4H,1H2,(H,12,13). The number of rotatable bonds is 2. The summed E-state index contributed by atoms with van der Waals surface area (Å²) >= 11 is 5.56. The molecule has 0 aromatic heterocycles. The lowest BCUT2D eigenvalue weighted by Gasteiger charge is -2.02. The van der Waals surface area contributed by atoms with Crippen LogP contribution >= 0.6 is 11.6 Å². The van der Waals surface area contributed by atoms with E-state index in [1.165, 1.54) is 12.1 Å². The topological polar surface area (TPSA) is 37.3 Å². The Morgan fingerprint density at radius 2 is 2.15 bits per heavy atom. The van der Waals surface area contributed by atoms with Crippen molar-refractivity contribution < 1.29 is 14.3 Å². The van der Waals surface area contributed by atoms with Gasteiger partial charge in [-0.15, -0.1) is 0 Å². The second-order valence-electron chi connectivity index (χ2n) is 2.41. The Hall–Kier alpha value is -1.35. The van der Waals surface area contributed by atoms with Gasteiger partial charge in [-0.2, -0.15) is 0 Å². The van der Waals surface area contributed by atoms with Crippen LogP contribution in [0.3, 0.4) is 0 Å². The van der Waals surface area contributed by atoms with Crippen molar-refractivity contribution in [3.8, 4) is 0 Å². The molecule has 0 saturated carbocycles. The van der Waals surface area contributed by atoms with Gasteiger partial charge in [0.1, 0.15) is 5.82 Å². The highest BCUT2D eigenvalue weighted by Gasteiger charge is 2.12. The third-order valence-corrected chi connectivity index (χ3v) is 1.75. The van der Waals surface area contributed by atoms with Crippen molar-refractivity contribution in [2.45, 2.75) is 0 Å². The van der Waals surface area contributed by atoms with E-state index >= 15 is 0 Å². The number of benzene rings is 1. The van der Waals surface area contributed by atoms with Crippen molar-refractivity contribution in [1.29, 1.82) is 0 Å². The molecule has 1 N–H and O–H groups in total. The van der Waals surface area contributed by atoms with Crippen LogP contribution < -0.4 is 0 Å². The summed E-state index contributed by atoms with van der Waals surface area (Å²) in [5.74, 6) is -1.90. The molecular weight excluding hydrogens is 195 g/mol. The highest BCUT2D eigenvalue weighted by molar-refractivity contribution is 6.31. The normalized spacial score (nSPS) is 9.69. The van der Waals surface area contributed by atoms with E-state index < -0.39 is 11.8 Å². The Labute approximate surface area is 79.3 Å². The van der Waals surface area contributed by atoms with E-state index in [0.717, 1.165) is 6.07 Å². The second-order valence-corrected chi connectivity index (χ2v) is 2.84. The number of carboxylic acids is 1. The molecule has 0 spiro atoms. The van der Waals surface area contributed by atoms with E-state index in [1.807, 2.05) is 0 Å². The zero-order valence-corrected chi connectivity index (χ0v) is 7.31. The van der Waals surface area contributed by atoms with Gasteiger partial charge in [0.25, 0.3) is 0 Å². The molecule has 1 aromatic carbocycles. The molecule has 0 bridgehead atoms. The summed E-state index contributed by atoms with van der Waals surface area (Å²) in [5.41, 5.74) is -0.389. The first-order chi connectivity index (χ1) is 6.02. The molecule has 0 atom stereocenters. The summed E-state index contributed by atoms with van der Waals surface area (Å²) in [7, 11) is 0. The maximum atomic E-state index is 13.0. The van der Waals surface area contributed by atoms with Gasteiger partial charge in [-0.05, 0) is 18.2 Å². The average Bonchev–Trinajstić information content (AvgIpc) is 2.08. The van der Waals surface area contributed by atoms with Crippen molar-refractivity contribution in [3.63, 3.8) is 0 Å². The third-order valence-electron chi connectivity index (χ3n) is 1.51. The summed E-state index contributed by atoms with van der Waals surface area (Å²) in [4.78, 5) is 10.5.